The lowest BCUT2D eigenvalue weighted by atomic mass is 10.1. The van der Waals surface area contributed by atoms with Crippen LogP contribution in [0.25, 0.3) is 10.9 Å². The van der Waals surface area contributed by atoms with Gasteiger partial charge in [-0.05, 0) is 18.2 Å². The number of rotatable bonds is 1. The highest BCUT2D eigenvalue weighted by Crippen LogP contribution is 2.38. The Labute approximate surface area is 126 Å². The molecule has 2 heterocycles. The molecule has 0 aliphatic carbocycles. The van der Waals surface area contributed by atoms with Gasteiger partial charge in [0.2, 0.25) is 0 Å². The molecule has 2 aromatic carbocycles. The van der Waals surface area contributed by atoms with Crippen LogP contribution in [0.1, 0.15) is 5.56 Å². The molecule has 1 atom stereocenters. The van der Waals surface area contributed by atoms with E-state index in [1.807, 2.05) is 24.3 Å². The minimum absolute atomic E-state index is 0.314. The summed E-state index contributed by atoms with van der Waals surface area (Å²) in [6, 6.07) is 14.8. The van der Waals surface area contributed by atoms with Crippen LogP contribution in [-0.2, 0) is 6.54 Å². The van der Waals surface area contributed by atoms with E-state index in [1.54, 1.807) is 30.5 Å². The Hall–Kier alpha value is -2.14. The first kappa shape index (κ1) is 12.6. The number of hydrogen-bond donors (Lipinski definition) is 1. The van der Waals surface area contributed by atoms with Crippen molar-refractivity contribution >= 4 is 33.9 Å². The lowest BCUT2D eigenvalue weighted by Gasteiger charge is -2.36. The summed E-state index contributed by atoms with van der Waals surface area (Å²) < 4.78 is -0.623. The first-order valence-electron chi connectivity index (χ1n) is 6.66. The third-order valence-corrected chi connectivity index (χ3v) is 4.04. The van der Waals surface area contributed by atoms with E-state index >= 15 is 0 Å². The lowest BCUT2D eigenvalue weighted by Crippen LogP contribution is -2.43. The minimum Gasteiger partial charge on any atom is -0.601 e. The molecular formula is C16H12ClN3O. The first-order valence-corrected chi connectivity index (χ1v) is 7.04. The van der Waals surface area contributed by atoms with Gasteiger partial charge in [-0.1, -0.05) is 29.8 Å². The van der Waals surface area contributed by atoms with Gasteiger partial charge in [-0.15, -0.1) is 0 Å². The number of hydrogen-bond acceptors (Lipinski definition) is 3. The average Bonchev–Trinajstić information content (AvgIpc) is 2.86. The van der Waals surface area contributed by atoms with Crippen molar-refractivity contribution in [2.45, 2.75) is 6.54 Å². The van der Waals surface area contributed by atoms with E-state index in [-0.39, 0.29) is 0 Å². The molecule has 0 radical (unpaired) electrons. The van der Waals surface area contributed by atoms with Crippen LogP contribution in [-0.4, -0.2) is 4.98 Å². The van der Waals surface area contributed by atoms with Gasteiger partial charge in [0, 0.05) is 28.7 Å². The maximum Gasteiger partial charge on any atom is 0.157 e. The Kier molecular flexibility index (Phi) is 2.65. The molecule has 0 fully saturated rings. The Morgan fingerprint density at radius 2 is 1.86 bits per heavy atom. The van der Waals surface area contributed by atoms with E-state index in [2.05, 4.69) is 10.4 Å². The maximum atomic E-state index is 13.1. The number of para-hydroxylation sites is 1. The van der Waals surface area contributed by atoms with Gasteiger partial charge in [-0.25, -0.2) is 10.2 Å². The van der Waals surface area contributed by atoms with E-state index in [9.17, 15) is 5.21 Å². The van der Waals surface area contributed by atoms with E-state index in [0.29, 0.717) is 17.3 Å². The molecule has 5 heteroatoms. The quantitative estimate of drug-likeness (QED) is 0.540. The number of nitrogens with one attached hydrogen (secondary N) is 1. The van der Waals surface area contributed by atoms with Crippen LogP contribution in [0, 0.1) is 5.21 Å². The summed E-state index contributed by atoms with van der Waals surface area (Å²) in [5.74, 6) is 0. The number of pyridine rings is 1. The zero-order chi connectivity index (χ0) is 14.4. The zero-order valence-corrected chi connectivity index (χ0v) is 11.8. The molecule has 1 unspecified atom stereocenters. The molecule has 0 bridgehead atoms. The summed E-state index contributed by atoms with van der Waals surface area (Å²) in [6.07, 6.45) is 1.78. The third-order valence-electron chi connectivity index (χ3n) is 3.78. The summed E-state index contributed by atoms with van der Waals surface area (Å²) in [7, 11) is 0. The lowest BCUT2D eigenvalue weighted by molar-refractivity contribution is 0.459. The number of hydroxylamine groups is 1. The predicted molar refractivity (Wildman–Crippen MR) is 85.7 cm³/mol. The number of fused-ring (bicyclic) bond motifs is 3. The van der Waals surface area contributed by atoms with Crippen molar-refractivity contribution in [2.75, 3.05) is 5.43 Å². The standard InChI is InChI=1S/C16H12ClN3O/c17-12-5-7-13(8-6-12)20(21)10-11-9-18-15-4-2-1-3-14(15)16(11)19-20/h1-9,19H,10H2. The molecule has 0 spiro atoms. The van der Waals surface area contributed by atoms with Gasteiger partial charge >= 0.3 is 0 Å². The maximum absolute atomic E-state index is 13.1. The SMILES string of the molecule is [O-][N+]1(c2ccc(Cl)cc2)Cc2cnc3ccccc3c2N1. The van der Waals surface area contributed by atoms with Gasteiger partial charge in [0.15, 0.2) is 5.69 Å². The van der Waals surface area contributed by atoms with Crippen molar-refractivity contribution in [3.05, 3.63) is 70.5 Å². The van der Waals surface area contributed by atoms with Crippen LogP contribution in [0.3, 0.4) is 0 Å². The van der Waals surface area contributed by atoms with E-state index in [1.165, 1.54) is 0 Å². The largest absolute Gasteiger partial charge is 0.601 e. The zero-order valence-electron chi connectivity index (χ0n) is 11.1. The number of aromatic nitrogens is 1. The normalized spacial score (nSPS) is 20.3. The summed E-state index contributed by atoms with van der Waals surface area (Å²) in [5.41, 5.74) is 6.39. The highest BCUT2D eigenvalue weighted by molar-refractivity contribution is 6.30. The number of halogens is 1. The summed E-state index contributed by atoms with van der Waals surface area (Å²) in [6.45, 7) is 0.314. The van der Waals surface area contributed by atoms with Gasteiger partial charge in [-0.3, -0.25) is 4.98 Å². The second-order valence-corrected chi connectivity index (χ2v) is 5.60. The first-order chi connectivity index (χ1) is 10.2. The van der Waals surface area contributed by atoms with E-state index in [4.69, 9.17) is 11.6 Å². The second-order valence-electron chi connectivity index (χ2n) is 5.16. The number of quaternary nitrogens is 1. The van der Waals surface area contributed by atoms with Crippen LogP contribution in [0.2, 0.25) is 5.02 Å². The molecule has 1 aliphatic heterocycles. The number of anilines is 1. The van der Waals surface area contributed by atoms with Crippen molar-refractivity contribution in [2.24, 2.45) is 0 Å². The van der Waals surface area contributed by atoms with Crippen LogP contribution in [0.5, 0.6) is 0 Å². The molecule has 0 saturated heterocycles. The summed E-state index contributed by atoms with van der Waals surface area (Å²) in [5, 5.41) is 14.7. The van der Waals surface area contributed by atoms with Gasteiger partial charge in [0.05, 0.1) is 11.1 Å². The molecule has 0 saturated carbocycles. The van der Waals surface area contributed by atoms with Crippen molar-refractivity contribution < 1.29 is 0 Å². The molecule has 4 nitrogen and oxygen atoms in total. The highest BCUT2D eigenvalue weighted by Gasteiger charge is 2.32. The van der Waals surface area contributed by atoms with Crippen LogP contribution in [0.4, 0.5) is 11.4 Å². The average molecular weight is 298 g/mol. The molecule has 21 heavy (non-hydrogen) atoms. The summed E-state index contributed by atoms with van der Waals surface area (Å²) in [4.78, 5) is 4.42. The minimum atomic E-state index is -0.623. The Morgan fingerprint density at radius 3 is 2.67 bits per heavy atom. The van der Waals surface area contributed by atoms with Crippen molar-refractivity contribution in [3.8, 4) is 0 Å². The summed E-state index contributed by atoms with van der Waals surface area (Å²) >= 11 is 5.89. The predicted octanol–water partition coefficient (Wildman–Crippen LogP) is 4.23. The molecule has 1 aliphatic rings. The second kappa shape index (κ2) is 4.43. The van der Waals surface area contributed by atoms with Gasteiger partial charge in [0.25, 0.3) is 0 Å². The molecule has 3 aromatic rings. The molecule has 1 N–H and O–H groups in total. The smallest absolute Gasteiger partial charge is 0.157 e. The fraction of sp³-hybridized carbons (Fsp3) is 0.0625. The fourth-order valence-corrected chi connectivity index (χ4v) is 2.86. The molecule has 4 rings (SSSR count). The van der Waals surface area contributed by atoms with Gasteiger partial charge < -0.3 is 5.21 Å². The van der Waals surface area contributed by atoms with Gasteiger partial charge in [0.1, 0.15) is 12.2 Å². The molecule has 0 amide bonds. The van der Waals surface area contributed by atoms with Crippen LogP contribution in [0.15, 0.2) is 54.7 Å². The van der Waals surface area contributed by atoms with Crippen molar-refractivity contribution in [3.63, 3.8) is 0 Å². The molecular weight excluding hydrogens is 286 g/mol. The van der Waals surface area contributed by atoms with E-state index in [0.717, 1.165) is 22.2 Å². The Bertz CT molecular complexity index is 835. The number of nitrogens with zero attached hydrogens (tertiary/aromatic N) is 2. The third kappa shape index (κ3) is 1.96. The monoisotopic (exact) mass is 297 g/mol. The van der Waals surface area contributed by atoms with Crippen LogP contribution < -0.4 is 10.2 Å². The molecule has 104 valence electrons. The Balaban J connectivity index is 1.82. The number of benzene rings is 2. The van der Waals surface area contributed by atoms with Crippen LogP contribution >= 0.6 is 11.6 Å². The highest BCUT2D eigenvalue weighted by atomic mass is 35.5. The Morgan fingerprint density at radius 1 is 1.10 bits per heavy atom. The van der Waals surface area contributed by atoms with E-state index < -0.39 is 4.76 Å². The van der Waals surface area contributed by atoms with Gasteiger partial charge in [-0.2, -0.15) is 0 Å². The molecule has 1 aromatic heterocycles. The van der Waals surface area contributed by atoms with Crippen molar-refractivity contribution in [1.82, 2.24) is 9.74 Å². The topological polar surface area (TPSA) is 48.0 Å². The van der Waals surface area contributed by atoms with Crippen molar-refractivity contribution in [1.29, 1.82) is 0 Å². The fourth-order valence-electron chi connectivity index (χ4n) is 2.73.